The van der Waals surface area contributed by atoms with Gasteiger partial charge in [0.1, 0.15) is 31.2 Å². The van der Waals surface area contributed by atoms with Crippen LogP contribution in [0.5, 0.6) is 0 Å². The van der Waals surface area contributed by atoms with Crippen molar-refractivity contribution in [1.82, 2.24) is 19.5 Å². The normalized spacial score (nSPS) is 25.7. The maximum absolute atomic E-state index is 12.0. The van der Waals surface area contributed by atoms with Crippen LogP contribution >= 0.6 is 0 Å². The molecule has 1 saturated carbocycles. The minimum Gasteiger partial charge on any atom is -0.463 e. The van der Waals surface area contributed by atoms with Crippen molar-refractivity contribution in [2.24, 2.45) is 0 Å². The van der Waals surface area contributed by atoms with Crippen LogP contribution in [0, 0.1) is 0 Å². The Hall–Kier alpha value is -2.30. The van der Waals surface area contributed by atoms with Crippen molar-refractivity contribution in [3.63, 3.8) is 0 Å². The first kappa shape index (κ1) is 23.8. The molecule has 2 aliphatic rings. The molecule has 0 aromatic carbocycles. The van der Waals surface area contributed by atoms with Crippen molar-refractivity contribution in [2.45, 2.75) is 102 Å². The second-order valence-electron chi connectivity index (χ2n) is 9.07. The van der Waals surface area contributed by atoms with Gasteiger partial charge < -0.3 is 25.0 Å². The first-order valence-electron chi connectivity index (χ1n) is 12.2. The van der Waals surface area contributed by atoms with E-state index in [0.717, 1.165) is 38.5 Å². The summed E-state index contributed by atoms with van der Waals surface area (Å²) < 4.78 is 12.8. The predicted octanol–water partition coefficient (Wildman–Crippen LogP) is 2.70. The Morgan fingerprint density at radius 2 is 1.94 bits per heavy atom. The van der Waals surface area contributed by atoms with Gasteiger partial charge in [0.25, 0.3) is 0 Å². The Morgan fingerprint density at radius 1 is 1.15 bits per heavy atom. The average molecular weight is 462 g/mol. The zero-order valence-electron chi connectivity index (χ0n) is 19.2. The summed E-state index contributed by atoms with van der Waals surface area (Å²) in [4.78, 5) is 25.1. The number of carbonyl (C=O) groups excluding carboxylic acids is 1. The maximum atomic E-state index is 12.0. The van der Waals surface area contributed by atoms with E-state index in [1.165, 1.54) is 31.9 Å². The average Bonchev–Trinajstić information content (AvgIpc) is 3.54. The summed E-state index contributed by atoms with van der Waals surface area (Å²) in [6.45, 7) is 2.04. The SMILES string of the molecule is CCCCCCCC(=O)OCC1OC(n2cnc3c(NC4CCCC4)ncnc32)[C@H](O)[C@@H]1O. The molecular formula is C23H35N5O5. The van der Waals surface area contributed by atoms with Crippen LogP contribution in [0.4, 0.5) is 5.82 Å². The number of nitrogens with zero attached hydrogens (tertiary/aromatic N) is 4. The highest BCUT2D eigenvalue weighted by molar-refractivity contribution is 5.82. The fourth-order valence-electron chi connectivity index (χ4n) is 4.62. The Labute approximate surface area is 193 Å². The molecule has 2 aromatic rings. The van der Waals surface area contributed by atoms with E-state index in [0.29, 0.717) is 29.4 Å². The third-order valence-electron chi connectivity index (χ3n) is 6.56. The highest BCUT2D eigenvalue weighted by Gasteiger charge is 2.45. The molecule has 2 fully saturated rings. The molecule has 3 heterocycles. The molecule has 10 nitrogen and oxygen atoms in total. The van der Waals surface area contributed by atoms with E-state index in [2.05, 4.69) is 27.2 Å². The number of ether oxygens (including phenoxy) is 2. The fraction of sp³-hybridized carbons (Fsp3) is 0.739. The number of unbranched alkanes of at least 4 members (excludes halogenated alkanes) is 4. The van der Waals surface area contributed by atoms with E-state index < -0.39 is 24.5 Å². The molecule has 0 radical (unpaired) electrons. The molecular weight excluding hydrogens is 426 g/mol. The quantitative estimate of drug-likeness (QED) is 0.341. The molecule has 0 bridgehead atoms. The van der Waals surface area contributed by atoms with Gasteiger partial charge in [-0.05, 0) is 19.3 Å². The zero-order valence-corrected chi connectivity index (χ0v) is 19.2. The number of hydrogen-bond donors (Lipinski definition) is 3. The maximum Gasteiger partial charge on any atom is 0.305 e. The number of nitrogens with one attached hydrogen (secondary N) is 1. The van der Waals surface area contributed by atoms with Gasteiger partial charge in [-0.3, -0.25) is 9.36 Å². The van der Waals surface area contributed by atoms with Gasteiger partial charge in [-0.15, -0.1) is 0 Å². The number of anilines is 1. The molecule has 2 aromatic heterocycles. The van der Waals surface area contributed by atoms with E-state index >= 15 is 0 Å². The highest BCUT2D eigenvalue weighted by atomic mass is 16.6. The van der Waals surface area contributed by atoms with Gasteiger partial charge in [0.15, 0.2) is 23.2 Å². The number of fused-ring (bicyclic) bond motifs is 1. The third-order valence-corrected chi connectivity index (χ3v) is 6.56. The summed E-state index contributed by atoms with van der Waals surface area (Å²) in [7, 11) is 0. The summed E-state index contributed by atoms with van der Waals surface area (Å²) in [6.07, 6.45) is 9.03. The molecule has 4 rings (SSSR count). The van der Waals surface area contributed by atoms with Gasteiger partial charge in [-0.2, -0.15) is 0 Å². The molecule has 0 spiro atoms. The number of carbonyl (C=O) groups is 1. The van der Waals surface area contributed by atoms with E-state index in [1.54, 1.807) is 4.57 Å². The third kappa shape index (κ3) is 5.62. The van der Waals surface area contributed by atoms with Gasteiger partial charge in [0.2, 0.25) is 0 Å². The van der Waals surface area contributed by atoms with Crippen LogP contribution in [0.2, 0.25) is 0 Å². The number of hydrogen-bond acceptors (Lipinski definition) is 9. The zero-order chi connectivity index (χ0) is 23.2. The minimum absolute atomic E-state index is 0.112. The first-order valence-corrected chi connectivity index (χ1v) is 12.2. The van der Waals surface area contributed by atoms with Gasteiger partial charge in [-0.25, -0.2) is 15.0 Å². The second-order valence-corrected chi connectivity index (χ2v) is 9.07. The van der Waals surface area contributed by atoms with Gasteiger partial charge in [0, 0.05) is 12.5 Å². The van der Waals surface area contributed by atoms with Crippen molar-refractivity contribution in [1.29, 1.82) is 0 Å². The number of rotatable bonds is 11. The monoisotopic (exact) mass is 461 g/mol. The van der Waals surface area contributed by atoms with Gasteiger partial charge in [-0.1, -0.05) is 45.4 Å². The Kier molecular flexibility index (Phi) is 8.11. The minimum atomic E-state index is -1.21. The van der Waals surface area contributed by atoms with Crippen molar-refractivity contribution in [2.75, 3.05) is 11.9 Å². The van der Waals surface area contributed by atoms with E-state index in [1.807, 2.05) is 0 Å². The van der Waals surface area contributed by atoms with Gasteiger partial charge >= 0.3 is 5.97 Å². The molecule has 1 saturated heterocycles. The molecule has 1 aliphatic heterocycles. The lowest BCUT2D eigenvalue weighted by Gasteiger charge is -2.17. The molecule has 1 aliphatic carbocycles. The first-order chi connectivity index (χ1) is 16.1. The Balaban J connectivity index is 1.36. The van der Waals surface area contributed by atoms with Crippen molar-refractivity contribution >= 4 is 23.0 Å². The van der Waals surface area contributed by atoms with Crippen LogP contribution in [-0.2, 0) is 14.3 Å². The second kappa shape index (κ2) is 11.2. The molecule has 2 unspecified atom stereocenters. The lowest BCUT2D eigenvalue weighted by atomic mass is 10.1. The topological polar surface area (TPSA) is 132 Å². The number of aliphatic hydroxyl groups excluding tert-OH is 2. The van der Waals surface area contributed by atoms with Crippen molar-refractivity contribution in [3.05, 3.63) is 12.7 Å². The summed E-state index contributed by atoms with van der Waals surface area (Å²) in [6, 6.07) is 0.370. The van der Waals surface area contributed by atoms with Crippen LogP contribution in [-0.4, -0.2) is 66.7 Å². The number of aliphatic hydroxyl groups is 2. The molecule has 4 atom stereocenters. The lowest BCUT2D eigenvalue weighted by Crippen LogP contribution is -2.34. The smallest absolute Gasteiger partial charge is 0.305 e. The summed E-state index contributed by atoms with van der Waals surface area (Å²) in [5.41, 5.74) is 1.10. The number of aromatic nitrogens is 4. The molecule has 182 valence electrons. The molecule has 33 heavy (non-hydrogen) atoms. The fourth-order valence-corrected chi connectivity index (χ4v) is 4.62. The summed E-state index contributed by atoms with van der Waals surface area (Å²) in [5, 5.41) is 24.5. The Bertz CT molecular complexity index is 916. The van der Waals surface area contributed by atoms with E-state index in [-0.39, 0.29) is 12.6 Å². The molecule has 0 amide bonds. The molecule has 3 N–H and O–H groups in total. The number of imidazole rings is 1. The van der Waals surface area contributed by atoms with Crippen LogP contribution in [0.3, 0.4) is 0 Å². The summed E-state index contributed by atoms with van der Waals surface area (Å²) in [5.74, 6) is 0.340. The largest absolute Gasteiger partial charge is 0.463 e. The summed E-state index contributed by atoms with van der Waals surface area (Å²) >= 11 is 0. The van der Waals surface area contributed by atoms with E-state index in [4.69, 9.17) is 9.47 Å². The van der Waals surface area contributed by atoms with Crippen LogP contribution < -0.4 is 5.32 Å². The van der Waals surface area contributed by atoms with Crippen molar-refractivity contribution in [3.8, 4) is 0 Å². The van der Waals surface area contributed by atoms with Crippen molar-refractivity contribution < 1.29 is 24.5 Å². The number of esters is 1. The Morgan fingerprint density at radius 3 is 2.73 bits per heavy atom. The lowest BCUT2D eigenvalue weighted by molar-refractivity contribution is -0.150. The van der Waals surface area contributed by atoms with Crippen LogP contribution in [0.1, 0.15) is 77.4 Å². The molecule has 10 heteroatoms. The van der Waals surface area contributed by atoms with E-state index in [9.17, 15) is 15.0 Å². The van der Waals surface area contributed by atoms with Crippen LogP contribution in [0.15, 0.2) is 12.7 Å². The van der Waals surface area contributed by atoms with Crippen LogP contribution in [0.25, 0.3) is 11.2 Å². The van der Waals surface area contributed by atoms with Gasteiger partial charge in [0.05, 0.1) is 6.33 Å². The highest BCUT2D eigenvalue weighted by Crippen LogP contribution is 2.33. The predicted molar refractivity (Wildman–Crippen MR) is 121 cm³/mol. The standard InChI is InChI=1S/C23H35N5O5/c1-2-3-4-5-6-11-17(29)32-12-16-19(30)20(31)23(33-16)28-14-26-18-21(24-13-25-22(18)28)27-15-9-7-8-10-15/h13-16,19-20,23,30-31H,2-12H2,1H3,(H,24,25,27)/t16?,19-,20-,23?/m1/s1.